The number of ether oxygens (including phenoxy) is 5. The number of aliphatic hydroxyl groups is 5. The predicted octanol–water partition coefficient (Wildman–Crippen LogP) is -0.0647. The number of phenolic OH excluding ortho intramolecular Hbond substituents is 1. The van der Waals surface area contributed by atoms with Gasteiger partial charge in [0.2, 0.25) is 11.9 Å². The summed E-state index contributed by atoms with van der Waals surface area (Å²) in [6, 6.07) is 19.1. The predicted molar refractivity (Wildman–Crippen MR) is 163 cm³/mol. The molecular weight excluding hydrogens is 648 g/mol. The van der Waals surface area contributed by atoms with Crippen LogP contribution in [0.1, 0.15) is 26.3 Å². The Hall–Kier alpha value is -5.16. The number of hydrogen-bond donors (Lipinski definition) is 6. The van der Waals surface area contributed by atoms with E-state index in [1.807, 2.05) is 0 Å². The molecule has 5 rings (SSSR count). The summed E-state index contributed by atoms with van der Waals surface area (Å²) in [7, 11) is 0. The average Bonchev–Trinajstić information content (AvgIpc) is 3.11. The van der Waals surface area contributed by atoms with E-state index in [9.17, 15) is 49.8 Å². The summed E-state index contributed by atoms with van der Waals surface area (Å²) in [5, 5.41) is 63.2. The first-order valence-electron chi connectivity index (χ1n) is 14.9. The van der Waals surface area contributed by atoms with Gasteiger partial charge in [0.1, 0.15) is 49.1 Å². The minimum atomic E-state index is -3.04. The molecule has 6 N–H and O–H groups in total. The lowest BCUT2D eigenvalue weighted by molar-refractivity contribution is -0.276. The molecule has 1 fully saturated rings. The fourth-order valence-electron chi connectivity index (χ4n) is 5.06. The van der Waals surface area contributed by atoms with Crippen LogP contribution in [0.2, 0.25) is 0 Å². The monoisotopic (exact) mass is 680 g/mol. The van der Waals surface area contributed by atoms with Crippen molar-refractivity contribution < 1.29 is 73.5 Å². The third kappa shape index (κ3) is 7.62. The Bertz CT molecular complexity index is 1690. The molecule has 0 aromatic heterocycles. The maximum atomic E-state index is 13.0. The van der Waals surface area contributed by atoms with E-state index in [-0.39, 0.29) is 28.2 Å². The third-order valence-corrected chi connectivity index (χ3v) is 7.84. The summed E-state index contributed by atoms with van der Waals surface area (Å²) in [5.74, 6) is -4.83. The van der Waals surface area contributed by atoms with Crippen LogP contribution in [0.4, 0.5) is 0 Å². The molecule has 0 saturated carbocycles. The molecular formula is C34H32O15. The molecule has 8 atom stereocenters. The second kappa shape index (κ2) is 14.9. The molecule has 1 aliphatic heterocycles. The minimum absolute atomic E-state index is 0.0944. The average molecular weight is 681 g/mol. The van der Waals surface area contributed by atoms with Crippen molar-refractivity contribution in [3.63, 3.8) is 0 Å². The number of aromatic hydroxyl groups is 1. The number of ketones is 1. The van der Waals surface area contributed by atoms with Crippen LogP contribution in [0, 0.1) is 0 Å². The number of phenols is 1. The van der Waals surface area contributed by atoms with Crippen molar-refractivity contribution in [3.8, 4) is 11.5 Å². The lowest BCUT2D eigenvalue weighted by Gasteiger charge is -2.41. The zero-order valence-electron chi connectivity index (χ0n) is 25.5. The summed E-state index contributed by atoms with van der Waals surface area (Å²) in [6.45, 7) is -1.34. The quantitative estimate of drug-likeness (QED) is 0.122. The number of esters is 3. The van der Waals surface area contributed by atoms with Gasteiger partial charge in [0.15, 0.2) is 18.0 Å². The van der Waals surface area contributed by atoms with Gasteiger partial charge in [-0.2, -0.15) is 0 Å². The number of carbonyl (C=O) groups excluding carboxylic acids is 4. The number of aliphatic hydroxyl groups excluding tert-OH is 4. The van der Waals surface area contributed by atoms with Crippen molar-refractivity contribution in [2.75, 3.05) is 6.61 Å². The van der Waals surface area contributed by atoms with Gasteiger partial charge in [0, 0.05) is 5.56 Å². The molecule has 0 amide bonds. The molecule has 0 spiro atoms. The molecule has 15 heteroatoms. The molecule has 258 valence electrons. The van der Waals surface area contributed by atoms with E-state index in [2.05, 4.69) is 0 Å². The Labute approximate surface area is 278 Å². The fourth-order valence-corrected chi connectivity index (χ4v) is 5.06. The first-order chi connectivity index (χ1) is 23.4. The number of carbonyl (C=O) groups is 4. The van der Waals surface area contributed by atoms with Gasteiger partial charge in [0.25, 0.3) is 0 Å². The summed E-state index contributed by atoms with van der Waals surface area (Å²) in [4.78, 5) is 50.3. The Morgan fingerprint density at radius 1 is 0.816 bits per heavy atom. The first-order valence-corrected chi connectivity index (χ1v) is 14.9. The van der Waals surface area contributed by atoms with Crippen molar-refractivity contribution in [2.45, 2.75) is 55.1 Å². The standard InChI is InChI=1S/C34H32O15/c35-21-11-13-23(20(15-21)16-46-33(43)34(44)25(37)14-12-22(36)29(34)40)47-32-28(49-31(42)19-9-5-2-6-10-19)27(39)26(38)24(48-32)17-45-30(41)18-7-3-1-4-8-18/h1-15,24-29,32,35,37-40,44H,16-17H2. The number of rotatable bonds is 10. The van der Waals surface area contributed by atoms with Crippen molar-refractivity contribution in [1.82, 2.24) is 0 Å². The first kappa shape index (κ1) is 35.2. The van der Waals surface area contributed by atoms with Crippen LogP contribution in [0.15, 0.2) is 91.0 Å². The van der Waals surface area contributed by atoms with E-state index in [4.69, 9.17) is 23.7 Å². The summed E-state index contributed by atoms with van der Waals surface area (Å²) in [6.07, 6.45) is -11.1. The smallest absolute Gasteiger partial charge is 0.344 e. The summed E-state index contributed by atoms with van der Waals surface area (Å²) < 4.78 is 27.7. The van der Waals surface area contributed by atoms with Gasteiger partial charge >= 0.3 is 17.9 Å². The second-order valence-electron chi connectivity index (χ2n) is 11.1. The van der Waals surface area contributed by atoms with Gasteiger partial charge in [-0.15, -0.1) is 0 Å². The molecule has 1 saturated heterocycles. The van der Waals surface area contributed by atoms with Gasteiger partial charge in [-0.3, -0.25) is 4.79 Å². The largest absolute Gasteiger partial charge is 0.508 e. The zero-order valence-corrected chi connectivity index (χ0v) is 25.5. The van der Waals surface area contributed by atoms with Crippen molar-refractivity contribution in [2.24, 2.45) is 0 Å². The maximum absolute atomic E-state index is 13.0. The molecule has 1 aliphatic carbocycles. The molecule has 0 bridgehead atoms. The maximum Gasteiger partial charge on any atom is 0.344 e. The Kier molecular flexibility index (Phi) is 10.7. The zero-order chi connectivity index (χ0) is 35.3. The van der Waals surface area contributed by atoms with Gasteiger partial charge in [-0.05, 0) is 54.6 Å². The van der Waals surface area contributed by atoms with E-state index in [1.54, 1.807) is 36.4 Å². The van der Waals surface area contributed by atoms with Crippen LogP contribution in [-0.4, -0.2) is 109 Å². The Morgan fingerprint density at radius 2 is 1.45 bits per heavy atom. The SMILES string of the molecule is O=C(OCC1OC(Oc2ccc(O)cc2COC(=O)C2(O)C(O)C=CC(=O)C2O)C(OC(=O)c2ccccc2)C(O)C1O)c1ccccc1. The van der Waals surface area contributed by atoms with Crippen LogP contribution >= 0.6 is 0 Å². The molecule has 2 aliphatic rings. The van der Waals surface area contributed by atoms with Crippen molar-refractivity contribution in [3.05, 3.63) is 108 Å². The van der Waals surface area contributed by atoms with E-state index in [1.165, 1.54) is 36.4 Å². The highest BCUT2D eigenvalue weighted by atomic mass is 16.7. The van der Waals surface area contributed by atoms with Crippen LogP contribution in [0.5, 0.6) is 11.5 Å². The van der Waals surface area contributed by atoms with Crippen LogP contribution in [0.25, 0.3) is 0 Å². The van der Waals surface area contributed by atoms with Gasteiger partial charge in [-0.1, -0.05) is 36.4 Å². The molecule has 1 heterocycles. The van der Waals surface area contributed by atoms with Crippen molar-refractivity contribution in [1.29, 1.82) is 0 Å². The summed E-state index contributed by atoms with van der Waals surface area (Å²) in [5.41, 5.74) is -2.84. The lowest BCUT2D eigenvalue weighted by atomic mass is 9.83. The highest BCUT2D eigenvalue weighted by Gasteiger charge is 2.55. The minimum Gasteiger partial charge on any atom is -0.508 e. The molecule has 15 nitrogen and oxygen atoms in total. The van der Waals surface area contributed by atoms with E-state index in [0.717, 1.165) is 18.2 Å². The second-order valence-corrected chi connectivity index (χ2v) is 11.1. The van der Waals surface area contributed by atoms with E-state index in [0.29, 0.717) is 0 Å². The summed E-state index contributed by atoms with van der Waals surface area (Å²) >= 11 is 0. The van der Waals surface area contributed by atoms with Crippen LogP contribution < -0.4 is 4.74 Å². The van der Waals surface area contributed by atoms with E-state index < -0.39 is 85.4 Å². The number of benzene rings is 3. The van der Waals surface area contributed by atoms with Gasteiger partial charge in [-0.25, -0.2) is 14.4 Å². The Balaban J connectivity index is 1.38. The molecule has 3 aromatic carbocycles. The van der Waals surface area contributed by atoms with Crippen LogP contribution in [-0.2, 0) is 35.1 Å². The Morgan fingerprint density at radius 3 is 2.10 bits per heavy atom. The molecule has 3 aromatic rings. The molecule has 49 heavy (non-hydrogen) atoms. The molecule has 8 unspecified atom stereocenters. The van der Waals surface area contributed by atoms with Crippen LogP contribution in [0.3, 0.4) is 0 Å². The normalized spacial score (nSPS) is 27.9. The topological polar surface area (TPSA) is 236 Å². The number of hydrogen-bond acceptors (Lipinski definition) is 15. The van der Waals surface area contributed by atoms with E-state index >= 15 is 0 Å². The van der Waals surface area contributed by atoms with Gasteiger partial charge < -0.3 is 54.3 Å². The third-order valence-electron chi connectivity index (χ3n) is 7.84. The van der Waals surface area contributed by atoms with Gasteiger partial charge in [0.05, 0.1) is 11.1 Å². The lowest BCUT2D eigenvalue weighted by Crippen LogP contribution is -2.62. The highest BCUT2D eigenvalue weighted by Crippen LogP contribution is 2.32. The highest BCUT2D eigenvalue weighted by molar-refractivity contribution is 6.01. The fraction of sp³-hybridized carbons (Fsp3) is 0.294. The van der Waals surface area contributed by atoms with Crippen molar-refractivity contribution >= 4 is 23.7 Å². The molecule has 0 radical (unpaired) electrons.